The Balaban J connectivity index is 2.23. The zero-order valence-corrected chi connectivity index (χ0v) is 11.7. The lowest BCUT2D eigenvalue weighted by atomic mass is 10.1. The number of aromatic nitrogens is 1. The van der Waals surface area contributed by atoms with Crippen LogP contribution in [0.1, 0.15) is 21.6 Å². The van der Waals surface area contributed by atoms with Gasteiger partial charge in [-0.3, -0.25) is 4.79 Å². The number of nitriles is 1. The summed E-state index contributed by atoms with van der Waals surface area (Å²) in [6.07, 6.45) is 0. The molecule has 0 aliphatic carbocycles. The number of rotatable bonds is 2. The fraction of sp³-hybridized carbons (Fsp3) is 0.0714. The van der Waals surface area contributed by atoms with Gasteiger partial charge in [0.05, 0.1) is 23.0 Å². The summed E-state index contributed by atoms with van der Waals surface area (Å²) in [4.78, 5) is 16.3. The van der Waals surface area contributed by atoms with Crippen molar-refractivity contribution in [1.29, 1.82) is 5.26 Å². The van der Waals surface area contributed by atoms with Crippen molar-refractivity contribution in [3.8, 4) is 6.07 Å². The third kappa shape index (κ3) is 3.18. The van der Waals surface area contributed by atoms with Crippen LogP contribution in [0, 0.1) is 18.3 Å². The number of hydrogen-bond donors (Lipinski definition) is 1. The molecule has 1 amide bonds. The van der Waals surface area contributed by atoms with Crippen LogP contribution in [0.4, 0.5) is 5.69 Å². The van der Waals surface area contributed by atoms with Crippen molar-refractivity contribution in [2.45, 2.75) is 6.92 Å². The van der Waals surface area contributed by atoms with Crippen molar-refractivity contribution in [3.63, 3.8) is 0 Å². The highest BCUT2D eigenvalue weighted by molar-refractivity contribution is 9.10. The Bertz CT molecular complexity index is 677. The maximum atomic E-state index is 12.1. The van der Waals surface area contributed by atoms with E-state index in [0.29, 0.717) is 16.8 Å². The smallest absolute Gasteiger partial charge is 0.255 e. The lowest BCUT2D eigenvalue weighted by Gasteiger charge is -2.08. The molecule has 0 fully saturated rings. The van der Waals surface area contributed by atoms with Crippen LogP contribution in [0.25, 0.3) is 0 Å². The number of aryl methyl sites for hydroxylation is 1. The van der Waals surface area contributed by atoms with Crippen LogP contribution in [0.5, 0.6) is 0 Å². The number of pyridine rings is 1. The van der Waals surface area contributed by atoms with Gasteiger partial charge < -0.3 is 5.32 Å². The quantitative estimate of drug-likeness (QED) is 0.865. The Hall–Kier alpha value is -2.19. The van der Waals surface area contributed by atoms with Crippen molar-refractivity contribution >= 4 is 27.5 Å². The van der Waals surface area contributed by atoms with Gasteiger partial charge in [0.2, 0.25) is 0 Å². The lowest BCUT2D eigenvalue weighted by molar-refractivity contribution is 0.102. The zero-order valence-electron chi connectivity index (χ0n) is 10.1. The Morgan fingerprint density at radius 3 is 2.84 bits per heavy atom. The highest BCUT2D eigenvalue weighted by Gasteiger charge is 2.09. The molecule has 0 saturated carbocycles. The van der Waals surface area contributed by atoms with Crippen LogP contribution < -0.4 is 5.32 Å². The van der Waals surface area contributed by atoms with E-state index in [9.17, 15) is 4.79 Å². The molecule has 19 heavy (non-hydrogen) atoms. The molecule has 94 valence electrons. The molecule has 2 rings (SSSR count). The van der Waals surface area contributed by atoms with Gasteiger partial charge in [0.1, 0.15) is 4.60 Å². The minimum absolute atomic E-state index is 0.260. The molecule has 0 aliphatic heterocycles. The highest BCUT2D eigenvalue weighted by atomic mass is 79.9. The number of amides is 1. The number of nitrogens with zero attached hydrogens (tertiary/aromatic N) is 2. The summed E-state index contributed by atoms with van der Waals surface area (Å²) >= 11 is 3.27. The molecule has 5 heteroatoms. The highest BCUT2D eigenvalue weighted by Crippen LogP contribution is 2.17. The fourth-order valence-corrected chi connectivity index (χ4v) is 1.99. The predicted molar refractivity (Wildman–Crippen MR) is 75.8 cm³/mol. The molecular weight excluding hydrogens is 306 g/mol. The van der Waals surface area contributed by atoms with Crippen molar-refractivity contribution in [2.75, 3.05) is 5.32 Å². The van der Waals surface area contributed by atoms with E-state index in [1.165, 1.54) is 0 Å². The second-order valence-electron chi connectivity index (χ2n) is 3.91. The van der Waals surface area contributed by atoms with Gasteiger partial charge in [-0.1, -0.05) is 6.07 Å². The molecule has 0 atom stereocenters. The molecule has 1 N–H and O–H groups in total. The monoisotopic (exact) mass is 315 g/mol. The van der Waals surface area contributed by atoms with Crippen LogP contribution in [0.2, 0.25) is 0 Å². The average Bonchev–Trinajstić information content (AvgIpc) is 2.42. The van der Waals surface area contributed by atoms with Gasteiger partial charge in [0, 0.05) is 5.56 Å². The van der Waals surface area contributed by atoms with E-state index in [2.05, 4.69) is 26.2 Å². The lowest BCUT2D eigenvalue weighted by Crippen LogP contribution is -2.13. The first-order valence-corrected chi connectivity index (χ1v) is 6.34. The van der Waals surface area contributed by atoms with Gasteiger partial charge in [-0.05, 0) is 53.2 Å². The van der Waals surface area contributed by atoms with E-state index in [0.717, 1.165) is 10.3 Å². The number of benzene rings is 1. The summed E-state index contributed by atoms with van der Waals surface area (Å²) in [6.45, 7) is 1.81. The van der Waals surface area contributed by atoms with Crippen molar-refractivity contribution in [3.05, 3.63) is 57.8 Å². The molecule has 0 saturated heterocycles. The second kappa shape index (κ2) is 5.63. The minimum Gasteiger partial charge on any atom is -0.320 e. The van der Waals surface area contributed by atoms with Crippen LogP contribution >= 0.6 is 15.9 Å². The first kappa shape index (κ1) is 13.2. The summed E-state index contributed by atoms with van der Waals surface area (Å²) in [7, 11) is 0. The third-order valence-electron chi connectivity index (χ3n) is 2.55. The molecular formula is C14H10BrN3O. The summed E-state index contributed by atoms with van der Waals surface area (Å²) in [5, 5.41) is 11.6. The summed E-state index contributed by atoms with van der Waals surface area (Å²) in [5.41, 5.74) is 2.27. The van der Waals surface area contributed by atoms with Gasteiger partial charge in [0.25, 0.3) is 5.91 Å². The van der Waals surface area contributed by atoms with Crippen LogP contribution in [0.3, 0.4) is 0 Å². The zero-order chi connectivity index (χ0) is 13.8. The largest absolute Gasteiger partial charge is 0.320 e. The SMILES string of the molecule is Cc1nc(Br)ccc1NC(=O)c1cccc(C#N)c1. The summed E-state index contributed by atoms with van der Waals surface area (Å²) in [6, 6.07) is 12.1. The Labute approximate surface area is 119 Å². The molecule has 4 nitrogen and oxygen atoms in total. The van der Waals surface area contributed by atoms with Gasteiger partial charge >= 0.3 is 0 Å². The van der Waals surface area contributed by atoms with E-state index >= 15 is 0 Å². The first-order chi connectivity index (χ1) is 9.10. The van der Waals surface area contributed by atoms with Crippen molar-refractivity contribution in [2.24, 2.45) is 0 Å². The number of halogens is 1. The van der Waals surface area contributed by atoms with Crippen molar-refractivity contribution in [1.82, 2.24) is 4.98 Å². The van der Waals surface area contributed by atoms with Crippen LogP contribution in [-0.4, -0.2) is 10.9 Å². The number of carbonyl (C=O) groups excluding carboxylic acids is 1. The third-order valence-corrected chi connectivity index (χ3v) is 3.00. The number of carbonyl (C=O) groups is 1. The van der Waals surface area contributed by atoms with Crippen molar-refractivity contribution < 1.29 is 4.79 Å². The van der Waals surface area contributed by atoms with Gasteiger partial charge in [-0.25, -0.2) is 4.98 Å². The Morgan fingerprint density at radius 1 is 1.37 bits per heavy atom. The van der Waals surface area contributed by atoms with Gasteiger partial charge in [0.15, 0.2) is 0 Å². The topological polar surface area (TPSA) is 65.8 Å². The normalized spacial score (nSPS) is 9.74. The van der Waals surface area contributed by atoms with E-state index in [1.54, 1.807) is 36.4 Å². The van der Waals surface area contributed by atoms with Gasteiger partial charge in [-0.2, -0.15) is 5.26 Å². The predicted octanol–water partition coefficient (Wildman–Crippen LogP) is 3.28. The second-order valence-corrected chi connectivity index (χ2v) is 4.73. The molecule has 2 aromatic rings. The average molecular weight is 316 g/mol. The van der Waals surface area contributed by atoms with Gasteiger partial charge in [-0.15, -0.1) is 0 Å². The Morgan fingerprint density at radius 2 is 2.16 bits per heavy atom. The maximum absolute atomic E-state index is 12.1. The van der Waals surface area contributed by atoms with Crippen LogP contribution in [0.15, 0.2) is 41.0 Å². The van der Waals surface area contributed by atoms with E-state index in [4.69, 9.17) is 5.26 Å². The standard InChI is InChI=1S/C14H10BrN3O/c1-9-12(5-6-13(15)17-9)18-14(19)11-4-2-3-10(7-11)8-16/h2-7H,1H3,(H,18,19). The summed E-state index contributed by atoms with van der Waals surface area (Å²) < 4.78 is 0.717. The Kier molecular flexibility index (Phi) is 3.93. The van der Waals surface area contributed by atoms with E-state index in [-0.39, 0.29) is 5.91 Å². The number of nitrogens with one attached hydrogen (secondary N) is 1. The first-order valence-electron chi connectivity index (χ1n) is 5.55. The molecule has 0 aliphatic rings. The number of hydrogen-bond acceptors (Lipinski definition) is 3. The molecule has 0 unspecified atom stereocenters. The maximum Gasteiger partial charge on any atom is 0.255 e. The summed E-state index contributed by atoms with van der Waals surface area (Å²) in [5.74, 6) is -0.260. The molecule has 0 spiro atoms. The van der Waals surface area contributed by atoms with E-state index < -0.39 is 0 Å². The minimum atomic E-state index is -0.260. The molecule has 1 aromatic heterocycles. The molecule has 1 heterocycles. The number of anilines is 1. The van der Waals surface area contributed by atoms with E-state index in [1.807, 2.05) is 13.0 Å². The molecule has 0 bridgehead atoms. The fourth-order valence-electron chi connectivity index (χ4n) is 1.59. The van der Waals surface area contributed by atoms with Crippen LogP contribution in [-0.2, 0) is 0 Å². The molecule has 1 aromatic carbocycles. The molecule has 0 radical (unpaired) electrons.